The lowest BCUT2D eigenvalue weighted by atomic mass is 10.2. The summed E-state index contributed by atoms with van der Waals surface area (Å²) in [5.41, 5.74) is 0.705. The normalized spacial score (nSPS) is 17.0. The average molecular weight is 380 g/mol. The van der Waals surface area contributed by atoms with Gasteiger partial charge >= 0.3 is 0 Å². The van der Waals surface area contributed by atoms with Crippen molar-refractivity contribution in [3.8, 4) is 0 Å². The zero-order chi connectivity index (χ0) is 19.2. The Morgan fingerprint density at radius 2 is 2.04 bits per heavy atom. The second-order valence-electron chi connectivity index (χ2n) is 5.66. The number of non-ortho nitro benzene ring substituents is 1. The van der Waals surface area contributed by atoms with Crippen LogP contribution >= 0.6 is 0 Å². The Morgan fingerprint density at radius 1 is 1.35 bits per heavy atom. The predicted octanol–water partition coefficient (Wildman–Crippen LogP) is 2.05. The molecule has 1 heterocycles. The molecule has 0 bridgehead atoms. The van der Waals surface area contributed by atoms with Gasteiger partial charge in [0, 0.05) is 25.7 Å². The fourth-order valence-electron chi connectivity index (χ4n) is 2.36. The van der Waals surface area contributed by atoms with Gasteiger partial charge in [0.1, 0.15) is 0 Å². The van der Waals surface area contributed by atoms with Gasteiger partial charge in [0.2, 0.25) is 0 Å². The van der Waals surface area contributed by atoms with E-state index in [1.54, 1.807) is 30.4 Å². The van der Waals surface area contributed by atoms with Crippen LogP contribution in [0.5, 0.6) is 0 Å². The van der Waals surface area contributed by atoms with E-state index in [9.17, 15) is 18.5 Å². The molecule has 0 saturated heterocycles. The third kappa shape index (κ3) is 5.97. The van der Waals surface area contributed by atoms with Gasteiger partial charge in [-0.1, -0.05) is 12.2 Å². The van der Waals surface area contributed by atoms with E-state index in [0.29, 0.717) is 18.7 Å². The Labute approximate surface area is 151 Å². The molecule has 1 aliphatic heterocycles. The molecule has 0 aromatic heterocycles. The number of benzene rings is 1. The molecule has 2 rings (SSSR count). The van der Waals surface area contributed by atoms with Crippen molar-refractivity contribution in [1.29, 1.82) is 0 Å². The number of hydrazone groups is 1. The van der Waals surface area contributed by atoms with E-state index >= 15 is 0 Å². The molecule has 0 amide bonds. The third-order valence-corrected chi connectivity index (χ3v) is 4.53. The van der Waals surface area contributed by atoms with Crippen LogP contribution in [0, 0.1) is 10.1 Å². The van der Waals surface area contributed by atoms with E-state index in [4.69, 9.17) is 4.55 Å². The molecule has 140 valence electrons. The number of allylic oxidation sites excluding steroid dienone is 2. The van der Waals surface area contributed by atoms with Crippen molar-refractivity contribution < 1.29 is 17.9 Å². The second kappa shape index (κ2) is 8.59. The maximum absolute atomic E-state index is 10.8. The number of nitrogens with zero attached hydrogens (tertiary/aromatic N) is 4. The SMILES string of the molecule is CN(N=CC1C=CC=CN1CCCS(=O)(=O)O)c1ccc([N+](=O)[O-])cc1. The standard InChI is InChI=1S/C16H20N4O5S/c1-18(14-6-8-15(9-7-14)20(21)22)17-13-16-5-2-3-10-19(16)11-4-12-26(23,24)25/h2-3,5-10,13,16H,4,11-12H2,1H3,(H,23,24,25). The van der Waals surface area contributed by atoms with Gasteiger partial charge in [-0.2, -0.15) is 13.5 Å². The van der Waals surface area contributed by atoms with Gasteiger partial charge in [-0.05, 0) is 30.8 Å². The summed E-state index contributed by atoms with van der Waals surface area (Å²) < 4.78 is 30.5. The summed E-state index contributed by atoms with van der Waals surface area (Å²) in [5.74, 6) is -0.298. The summed E-state index contributed by atoms with van der Waals surface area (Å²) in [4.78, 5) is 12.1. The molecule has 10 heteroatoms. The number of nitro benzene ring substituents is 1. The lowest BCUT2D eigenvalue weighted by Gasteiger charge is -2.28. The van der Waals surface area contributed by atoms with E-state index in [-0.39, 0.29) is 17.5 Å². The molecule has 1 unspecified atom stereocenters. The molecule has 0 fully saturated rings. The fraction of sp³-hybridized carbons (Fsp3) is 0.312. The molecule has 0 spiro atoms. The monoisotopic (exact) mass is 380 g/mol. The van der Waals surface area contributed by atoms with Crippen LogP contribution in [0.25, 0.3) is 0 Å². The van der Waals surface area contributed by atoms with Crippen LogP contribution in [0.2, 0.25) is 0 Å². The highest BCUT2D eigenvalue weighted by Gasteiger charge is 2.14. The fourth-order valence-corrected chi connectivity index (χ4v) is 2.86. The molecule has 0 saturated carbocycles. The molecule has 1 aliphatic rings. The predicted molar refractivity (Wildman–Crippen MR) is 99.8 cm³/mol. The van der Waals surface area contributed by atoms with E-state index in [1.165, 1.54) is 12.1 Å². The third-order valence-electron chi connectivity index (χ3n) is 3.73. The summed E-state index contributed by atoms with van der Waals surface area (Å²) in [6.45, 7) is 0.443. The Bertz CT molecular complexity index is 818. The summed E-state index contributed by atoms with van der Waals surface area (Å²) in [7, 11) is -2.25. The molecular weight excluding hydrogens is 360 g/mol. The minimum absolute atomic E-state index is 0.0106. The molecule has 1 aromatic carbocycles. The van der Waals surface area contributed by atoms with Crippen LogP contribution in [-0.2, 0) is 10.1 Å². The zero-order valence-corrected chi connectivity index (χ0v) is 15.0. The van der Waals surface area contributed by atoms with Crippen molar-refractivity contribution in [2.75, 3.05) is 24.4 Å². The van der Waals surface area contributed by atoms with Crippen LogP contribution in [0.3, 0.4) is 0 Å². The molecule has 26 heavy (non-hydrogen) atoms. The van der Waals surface area contributed by atoms with Crippen molar-refractivity contribution >= 4 is 27.7 Å². The number of hydrogen-bond acceptors (Lipinski definition) is 7. The van der Waals surface area contributed by atoms with E-state index < -0.39 is 15.0 Å². The Kier molecular flexibility index (Phi) is 6.47. The molecule has 0 aliphatic carbocycles. The van der Waals surface area contributed by atoms with Gasteiger partial charge in [-0.15, -0.1) is 0 Å². The van der Waals surface area contributed by atoms with E-state index in [0.717, 1.165) is 0 Å². The first kappa shape index (κ1) is 19.6. The summed E-state index contributed by atoms with van der Waals surface area (Å²) in [6.07, 6.45) is 9.40. The highest BCUT2D eigenvalue weighted by molar-refractivity contribution is 7.85. The second-order valence-corrected chi connectivity index (χ2v) is 7.23. The first-order valence-electron chi connectivity index (χ1n) is 7.84. The van der Waals surface area contributed by atoms with E-state index in [1.807, 2.05) is 29.3 Å². The van der Waals surface area contributed by atoms with Crippen LogP contribution in [0.4, 0.5) is 11.4 Å². The first-order chi connectivity index (χ1) is 12.3. The van der Waals surface area contributed by atoms with Crippen LogP contribution in [0.15, 0.2) is 53.8 Å². The van der Waals surface area contributed by atoms with Gasteiger partial charge < -0.3 is 4.90 Å². The Hall–Kier alpha value is -2.72. The minimum atomic E-state index is -3.97. The number of hydrogen-bond donors (Lipinski definition) is 1. The smallest absolute Gasteiger partial charge is 0.269 e. The van der Waals surface area contributed by atoms with Gasteiger partial charge in [-0.25, -0.2) is 0 Å². The molecule has 1 aromatic rings. The Morgan fingerprint density at radius 3 is 2.65 bits per heavy atom. The molecule has 9 nitrogen and oxygen atoms in total. The largest absolute Gasteiger partial charge is 0.366 e. The highest BCUT2D eigenvalue weighted by atomic mass is 32.2. The summed E-state index contributed by atoms with van der Waals surface area (Å²) in [6, 6.07) is 5.87. The quantitative estimate of drug-likeness (QED) is 0.317. The van der Waals surface area contributed by atoms with Crippen molar-refractivity contribution in [2.24, 2.45) is 5.10 Å². The van der Waals surface area contributed by atoms with Gasteiger partial charge in [-0.3, -0.25) is 19.7 Å². The number of anilines is 1. The van der Waals surface area contributed by atoms with Crippen molar-refractivity contribution in [3.05, 3.63) is 58.8 Å². The lowest BCUT2D eigenvalue weighted by molar-refractivity contribution is -0.384. The first-order valence-corrected chi connectivity index (χ1v) is 9.45. The van der Waals surface area contributed by atoms with Crippen LogP contribution < -0.4 is 5.01 Å². The average Bonchev–Trinajstić information content (AvgIpc) is 2.59. The maximum atomic E-state index is 10.8. The maximum Gasteiger partial charge on any atom is 0.269 e. The van der Waals surface area contributed by atoms with Crippen molar-refractivity contribution in [2.45, 2.75) is 12.5 Å². The summed E-state index contributed by atoms with van der Waals surface area (Å²) >= 11 is 0. The molecular formula is C16H20N4O5S. The van der Waals surface area contributed by atoms with Crippen molar-refractivity contribution in [3.63, 3.8) is 0 Å². The van der Waals surface area contributed by atoms with Gasteiger partial charge in [0.05, 0.1) is 28.6 Å². The lowest BCUT2D eigenvalue weighted by Crippen LogP contribution is -2.34. The number of nitro groups is 1. The Balaban J connectivity index is 1.98. The summed E-state index contributed by atoms with van der Waals surface area (Å²) in [5, 5.41) is 16.6. The zero-order valence-electron chi connectivity index (χ0n) is 14.2. The van der Waals surface area contributed by atoms with Gasteiger partial charge in [0.25, 0.3) is 15.8 Å². The van der Waals surface area contributed by atoms with Gasteiger partial charge in [0.15, 0.2) is 0 Å². The minimum Gasteiger partial charge on any atom is -0.366 e. The van der Waals surface area contributed by atoms with Crippen molar-refractivity contribution in [1.82, 2.24) is 4.90 Å². The van der Waals surface area contributed by atoms with E-state index in [2.05, 4.69) is 5.10 Å². The number of rotatable bonds is 8. The molecule has 0 radical (unpaired) electrons. The topological polar surface area (TPSA) is 116 Å². The molecule has 1 atom stereocenters. The molecule has 1 N–H and O–H groups in total. The van der Waals surface area contributed by atoms with Crippen LogP contribution in [-0.4, -0.2) is 54.4 Å². The highest BCUT2D eigenvalue weighted by Crippen LogP contribution is 2.18. The van der Waals surface area contributed by atoms with Crippen LogP contribution in [0.1, 0.15) is 6.42 Å².